The van der Waals surface area contributed by atoms with Crippen molar-refractivity contribution in [1.29, 1.82) is 0 Å². The molecule has 124 valence electrons. The first-order valence-corrected chi connectivity index (χ1v) is 9.23. The number of carbonyl (C=O) groups excluding carboxylic acids is 1. The summed E-state index contributed by atoms with van der Waals surface area (Å²) < 4.78 is 25.0. The summed E-state index contributed by atoms with van der Waals surface area (Å²) >= 11 is 0. The molecule has 2 saturated heterocycles. The lowest BCUT2D eigenvalue weighted by Crippen LogP contribution is -2.55. The number of sulfonamides is 1. The average Bonchev–Trinajstić information content (AvgIpc) is 2.33. The number of carbonyl (C=O) groups is 1. The predicted molar refractivity (Wildman–Crippen MR) is 85.0 cm³/mol. The first-order valence-electron chi connectivity index (χ1n) is 7.34. The average molecular weight is 340 g/mol. The highest BCUT2D eigenvalue weighted by Crippen LogP contribution is 2.24. The minimum Gasteiger partial charge on any atom is -0.338 e. The van der Waals surface area contributed by atoms with E-state index in [1.165, 1.54) is 0 Å². The molecule has 2 heterocycles. The van der Waals surface area contributed by atoms with Crippen molar-refractivity contribution < 1.29 is 13.2 Å². The molecule has 21 heavy (non-hydrogen) atoms. The predicted octanol–water partition coefficient (Wildman–Crippen LogP) is 0.194. The fraction of sp³-hybridized carbons (Fsp3) is 0.923. The SMILES string of the molecule is CC(C(=O)N1CCCCC1CNS(C)(=O)=O)C1CNC1.Cl. The molecule has 2 rings (SSSR count). The Hall–Kier alpha value is -0.370. The molecule has 1 amide bonds. The quantitative estimate of drug-likeness (QED) is 0.749. The summed E-state index contributed by atoms with van der Waals surface area (Å²) in [4.78, 5) is 14.5. The van der Waals surface area contributed by atoms with Crippen molar-refractivity contribution in [3.8, 4) is 0 Å². The molecular formula is C13H26ClN3O3S. The third-order valence-electron chi connectivity index (χ3n) is 4.40. The molecule has 6 nitrogen and oxygen atoms in total. The van der Waals surface area contributed by atoms with E-state index in [1.807, 2.05) is 11.8 Å². The molecule has 0 radical (unpaired) electrons. The molecule has 0 aromatic heterocycles. The Balaban J connectivity index is 0.00000220. The number of nitrogens with one attached hydrogen (secondary N) is 2. The van der Waals surface area contributed by atoms with Crippen molar-refractivity contribution in [1.82, 2.24) is 14.9 Å². The van der Waals surface area contributed by atoms with Gasteiger partial charge in [-0.2, -0.15) is 0 Å². The normalized spacial score (nSPS) is 24.9. The summed E-state index contributed by atoms with van der Waals surface area (Å²) in [5, 5.41) is 3.19. The van der Waals surface area contributed by atoms with Gasteiger partial charge in [0.15, 0.2) is 0 Å². The molecule has 2 N–H and O–H groups in total. The summed E-state index contributed by atoms with van der Waals surface area (Å²) in [5.74, 6) is 0.625. The minimum absolute atomic E-state index is 0. The van der Waals surface area contributed by atoms with Gasteiger partial charge >= 0.3 is 0 Å². The fourth-order valence-corrected chi connectivity index (χ4v) is 3.37. The lowest BCUT2D eigenvalue weighted by atomic mass is 9.87. The van der Waals surface area contributed by atoms with Gasteiger partial charge in [-0.1, -0.05) is 6.92 Å². The van der Waals surface area contributed by atoms with Crippen LogP contribution in [0.4, 0.5) is 0 Å². The van der Waals surface area contributed by atoms with Crippen LogP contribution < -0.4 is 10.0 Å². The summed E-state index contributed by atoms with van der Waals surface area (Å²) in [5.41, 5.74) is 0. The van der Waals surface area contributed by atoms with E-state index in [0.717, 1.165) is 45.2 Å². The number of amides is 1. The molecular weight excluding hydrogens is 314 g/mol. The van der Waals surface area contributed by atoms with Crippen molar-refractivity contribution in [2.45, 2.75) is 32.2 Å². The molecule has 0 aromatic carbocycles. The van der Waals surface area contributed by atoms with Crippen molar-refractivity contribution in [3.05, 3.63) is 0 Å². The van der Waals surface area contributed by atoms with Gasteiger partial charge in [0.2, 0.25) is 15.9 Å². The Labute approximate surface area is 133 Å². The van der Waals surface area contributed by atoms with Gasteiger partial charge in [0.1, 0.15) is 0 Å². The summed E-state index contributed by atoms with van der Waals surface area (Å²) in [6, 6.07) is 0.00135. The van der Waals surface area contributed by atoms with E-state index in [9.17, 15) is 13.2 Å². The molecule has 0 bridgehead atoms. The van der Waals surface area contributed by atoms with E-state index in [4.69, 9.17) is 0 Å². The largest absolute Gasteiger partial charge is 0.338 e. The van der Waals surface area contributed by atoms with E-state index >= 15 is 0 Å². The summed E-state index contributed by atoms with van der Waals surface area (Å²) in [6.45, 7) is 4.89. The van der Waals surface area contributed by atoms with Crippen LogP contribution in [0.1, 0.15) is 26.2 Å². The van der Waals surface area contributed by atoms with Crippen LogP contribution in [-0.2, 0) is 14.8 Å². The maximum Gasteiger partial charge on any atom is 0.226 e. The van der Waals surface area contributed by atoms with Crippen LogP contribution in [0.15, 0.2) is 0 Å². The number of hydrogen-bond acceptors (Lipinski definition) is 4. The molecule has 0 aromatic rings. The molecule has 8 heteroatoms. The van der Waals surface area contributed by atoms with Gasteiger partial charge < -0.3 is 10.2 Å². The maximum atomic E-state index is 12.6. The van der Waals surface area contributed by atoms with E-state index in [2.05, 4.69) is 10.0 Å². The Morgan fingerprint density at radius 1 is 1.38 bits per heavy atom. The number of hydrogen-bond donors (Lipinski definition) is 2. The van der Waals surface area contributed by atoms with Crippen molar-refractivity contribution in [2.24, 2.45) is 11.8 Å². The second-order valence-electron chi connectivity index (χ2n) is 6.01. The third-order valence-corrected chi connectivity index (χ3v) is 5.09. The second-order valence-corrected chi connectivity index (χ2v) is 7.84. The summed E-state index contributed by atoms with van der Waals surface area (Å²) in [6.07, 6.45) is 4.10. The van der Waals surface area contributed by atoms with Gasteiger partial charge in [0, 0.05) is 25.0 Å². The van der Waals surface area contributed by atoms with Crippen LogP contribution in [0.5, 0.6) is 0 Å². The standard InChI is InChI=1S/C13H25N3O3S.ClH/c1-10(11-7-14-8-11)13(17)16-6-4-3-5-12(16)9-15-20(2,18)19;/h10-12,14-15H,3-9H2,1-2H3;1H. The highest BCUT2D eigenvalue weighted by molar-refractivity contribution is 7.88. The number of halogens is 1. The van der Waals surface area contributed by atoms with Gasteiger partial charge in [0.05, 0.1) is 6.26 Å². The van der Waals surface area contributed by atoms with Gasteiger partial charge in [-0.15, -0.1) is 12.4 Å². The highest BCUT2D eigenvalue weighted by Gasteiger charge is 2.35. The smallest absolute Gasteiger partial charge is 0.226 e. The van der Waals surface area contributed by atoms with Crippen LogP contribution >= 0.6 is 12.4 Å². The van der Waals surface area contributed by atoms with Crippen LogP contribution in [0.3, 0.4) is 0 Å². The monoisotopic (exact) mass is 339 g/mol. The lowest BCUT2D eigenvalue weighted by molar-refractivity contribution is -0.141. The Morgan fingerprint density at radius 2 is 2.05 bits per heavy atom. The van der Waals surface area contributed by atoms with Gasteiger partial charge in [-0.3, -0.25) is 4.79 Å². The fourth-order valence-electron chi connectivity index (χ4n) is 2.88. The molecule has 2 aliphatic rings. The van der Waals surface area contributed by atoms with Gasteiger partial charge in [-0.25, -0.2) is 13.1 Å². The van der Waals surface area contributed by atoms with Crippen molar-refractivity contribution in [2.75, 3.05) is 32.4 Å². The van der Waals surface area contributed by atoms with Gasteiger partial charge in [0.25, 0.3) is 0 Å². The first kappa shape index (κ1) is 18.7. The molecule has 2 fully saturated rings. The zero-order valence-electron chi connectivity index (χ0n) is 12.7. The Kier molecular flexibility index (Phi) is 6.90. The molecule has 0 aliphatic carbocycles. The van der Waals surface area contributed by atoms with E-state index in [1.54, 1.807) is 0 Å². The van der Waals surface area contributed by atoms with Crippen molar-refractivity contribution in [3.63, 3.8) is 0 Å². The zero-order chi connectivity index (χ0) is 14.8. The molecule has 2 atom stereocenters. The minimum atomic E-state index is -3.20. The third kappa shape index (κ3) is 5.09. The number of piperidine rings is 1. The van der Waals surface area contributed by atoms with E-state index < -0.39 is 10.0 Å². The Morgan fingerprint density at radius 3 is 2.57 bits per heavy atom. The summed E-state index contributed by atoms with van der Waals surface area (Å²) in [7, 11) is -3.20. The van der Waals surface area contributed by atoms with Gasteiger partial charge in [-0.05, 0) is 38.3 Å². The van der Waals surface area contributed by atoms with E-state index in [-0.39, 0.29) is 30.3 Å². The Bertz CT molecular complexity index is 454. The first-order chi connectivity index (χ1) is 9.38. The van der Waals surface area contributed by atoms with Crippen molar-refractivity contribution >= 4 is 28.3 Å². The molecule has 2 unspecified atom stereocenters. The van der Waals surface area contributed by atoms with Crippen LogP contribution in [-0.4, -0.2) is 57.7 Å². The topological polar surface area (TPSA) is 78.5 Å². The van der Waals surface area contributed by atoms with E-state index in [0.29, 0.717) is 12.5 Å². The number of nitrogens with zero attached hydrogens (tertiary/aromatic N) is 1. The zero-order valence-corrected chi connectivity index (χ0v) is 14.3. The van der Waals surface area contributed by atoms with Crippen LogP contribution in [0.2, 0.25) is 0 Å². The number of likely N-dealkylation sites (tertiary alicyclic amines) is 1. The molecule has 0 spiro atoms. The molecule has 2 aliphatic heterocycles. The van der Waals surface area contributed by atoms with Crippen LogP contribution in [0, 0.1) is 11.8 Å². The lowest BCUT2D eigenvalue weighted by Gasteiger charge is -2.40. The maximum absolute atomic E-state index is 12.6. The highest BCUT2D eigenvalue weighted by atomic mass is 35.5. The molecule has 0 saturated carbocycles. The van der Waals surface area contributed by atoms with Crippen LogP contribution in [0.25, 0.3) is 0 Å². The second kappa shape index (κ2) is 7.76. The number of rotatable bonds is 5.